The van der Waals surface area contributed by atoms with Crippen LogP contribution < -0.4 is 5.73 Å². The molecule has 2 rings (SSSR count). The molecule has 0 bridgehead atoms. The maximum Gasteiger partial charge on any atom is 0.131 e. The van der Waals surface area contributed by atoms with Crippen molar-refractivity contribution < 1.29 is 0 Å². The highest BCUT2D eigenvalue weighted by atomic mass is 79.9. The van der Waals surface area contributed by atoms with Gasteiger partial charge in [-0.05, 0) is 12.1 Å². The third kappa shape index (κ3) is 1.53. The van der Waals surface area contributed by atoms with Crippen LogP contribution in [0, 0.1) is 0 Å². The normalized spacial score (nSPS) is 10.4. The number of imidazole rings is 1. The summed E-state index contributed by atoms with van der Waals surface area (Å²) < 4.78 is 2.83. The Morgan fingerprint density at radius 2 is 2.21 bits per heavy atom. The molecule has 4 heteroatoms. The number of nitrogens with two attached hydrogens (primary N) is 1. The highest BCUT2D eigenvalue weighted by Crippen LogP contribution is 2.25. The molecule has 0 radical (unpaired) electrons. The summed E-state index contributed by atoms with van der Waals surface area (Å²) in [5, 5.41) is 0. The maximum absolute atomic E-state index is 5.87. The Labute approximate surface area is 90.7 Å². The molecule has 0 aliphatic heterocycles. The summed E-state index contributed by atoms with van der Waals surface area (Å²) in [5.41, 5.74) is 7.72. The summed E-state index contributed by atoms with van der Waals surface area (Å²) in [4.78, 5) is 4.24. The molecule has 0 atom stereocenters. The third-order valence-corrected chi connectivity index (χ3v) is 2.57. The zero-order chi connectivity index (χ0) is 10.1. The number of hydrogen-bond donors (Lipinski definition) is 1. The molecule has 0 aliphatic rings. The Hall–Kier alpha value is -1.29. The first kappa shape index (κ1) is 9.27. The van der Waals surface area contributed by atoms with E-state index < -0.39 is 0 Å². The van der Waals surface area contributed by atoms with Crippen LogP contribution in [-0.2, 0) is 7.05 Å². The number of nitrogen functional groups attached to an aromatic ring is 1. The second-order valence-corrected chi connectivity index (χ2v) is 4.02. The molecule has 2 N–H and O–H groups in total. The number of aromatic nitrogens is 2. The van der Waals surface area contributed by atoms with Gasteiger partial charge in [0, 0.05) is 17.1 Å². The third-order valence-electron chi connectivity index (χ3n) is 2.08. The summed E-state index contributed by atoms with van der Waals surface area (Å²) in [6.07, 6.45) is 1.71. The van der Waals surface area contributed by atoms with Crippen molar-refractivity contribution in [1.29, 1.82) is 0 Å². The summed E-state index contributed by atoms with van der Waals surface area (Å²) in [6, 6.07) is 7.93. The first-order valence-corrected chi connectivity index (χ1v) is 5.00. The molecular formula is C10H10BrN3. The zero-order valence-corrected chi connectivity index (χ0v) is 9.32. The second-order valence-electron chi connectivity index (χ2n) is 3.10. The molecule has 3 nitrogen and oxygen atoms in total. The number of hydrogen-bond acceptors (Lipinski definition) is 2. The van der Waals surface area contributed by atoms with Gasteiger partial charge in [-0.3, -0.25) is 0 Å². The predicted molar refractivity (Wildman–Crippen MR) is 60.8 cm³/mol. The van der Waals surface area contributed by atoms with Crippen molar-refractivity contribution in [3.8, 4) is 11.3 Å². The summed E-state index contributed by atoms with van der Waals surface area (Å²) in [5.74, 6) is 0.683. The quantitative estimate of drug-likeness (QED) is 0.847. The Morgan fingerprint density at radius 1 is 1.43 bits per heavy atom. The molecule has 0 saturated heterocycles. The maximum atomic E-state index is 5.87. The molecule has 0 unspecified atom stereocenters. The van der Waals surface area contributed by atoms with Gasteiger partial charge in [0.1, 0.15) is 11.5 Å². The van der Waals surface area contributed by atoms with Crippen molar-refractivity contribution in [3.63, 3.8) is 0 Å². The van der Waals surface area contributed by atoms with Gasteiger partial charge < -0.3 is 10.3 Å². The van der Waals surface area contributed by atoms with Gasteiger partial charge in [0.25, 0.3) is 0 Å². The molecule has 2 aromatic rings. The number of aryl methyl sites for hydroxylation is 1. The van der Waals surface area contributed by atoms with Crippen LogP contribution in [-0.4, -0.2) is 9.55 Å². The van der Waals surface area contributed by atoms with E-state index in [-0.39, 0.29) is 0 Å². The first-order valence-electron chi connectivity index (χ1n) is 4.21. The lowest BCUT2D eigenvalue weighted by molar-refractivity contribution is 0.925. The van der Waals surface area contributed by atoms with Crippen LogP contribution in [0.4, 0.5) is 5.82 Å². The molecular weight excluding hydrogens is 242 g/mol. The summed E-state index contributed by atoms with van der Waals surface area (Å²) in [6.45, 7) is 0. The van der Waals surface area contributed by atoms with Crippen molar-refractivity contribution >= 4 is 21.7 Å². The standard InChI is InChI=1S/C10H10BrN3/c1-14-6-13-9(10(14)12)7-3-2-4-8(11)5-7/h2-6H,12H2,1H3. The van der Waals surface area contributed by atoms with Gasteiger partial charge in [-0.25, -0.2) is 4.98 Å². The lowest BCUT2D eigenvalue weighted by atomic mass is 10.1. The second kappa shape index (κ2) is 3.46. The minimum absolute atomic E-state index is 0.683. The van der Waals surface area contributed by atoms with Crippen LogP contribution in [0.15, 0.2) is 35.1 Å². The van der Waals surface area contributed by atoms with Gasteiger partial charge in [0.2, 0.25) is 0 Å². The lowest BCUT2D eigenvalue weighted by Gasteiger charge is -2.00. The summed E-state index contributed by atoms with van der Waals surface area (Å²) in [7, 11) is 1.88. The highest BCUT2D eigenvalue weighted by Gasteiger charge is 2.07. The molecule has 1 aromatic heterocycles. The van der Waals surface area contributed by atoms with Gasteiger partial charge in [-0.15, -0.1) is 0 Å². The van der Waals surface area contributed by atoms with Gasteiger partial charge in [-0.2, -0.15) is 0 Å². The van der Waals surface area contributed by atoms with Gasteiger partial charge in [-0.1, -0.05) is 28.1 Å². The van der Waals surface area contributed by atoms with Crippen LogP contribution in [0.2, 0.25) is 0 Å². The highest BCUT2D eigenvalue weighted by molar-refractivity contribution is 9.10. The van der Waals surface area contributed by atoms with Gasteiger partial charge >= 0.3 is 0 Å². The molecule has 72 valence electrons. The Balaban J connectivity index is 2.55. The molecule has 0 fully saturated rings. The largest absolute Gasteiger partial charge is 0.383 e. The SMILES string of the molecule is Cn1cnc(-c2cccc(Br)c2)c1N. The smallest absolute Gasteiger partial charge is 0.131 e. The average molecular weight is 252 g/mol. The Bertz CT molecular complexity index is 462. The topological polar surface area (TPSA) is 43.8 Å². The number of rotatable bonds is 1. The van der Waals surface area contributed by atoms with Crippen molar-refractivity contribution in [2.24, 2.45) is 7.05 Å². The molecule has 0 spiro atoms. The van der Waals surface area contributed by atoms with Gasteiger partial charge in [0.05, 0.1) is 6.33 Å². The fourth-order valence-corrected chi connectivity index (χ4v) is 1.70. The van der Waals surface area contributed by atoms with Crippen LogP contribution in [0.1, 0.15) is 0 Å². The molecule has 14 heavy (non-hydrogen) atoms. The van der Waals surface area contributed by atoms with Crippen LogP contribution >= 0.6 is 15.9 Å². The van der Waals surface area contributed by atoms with Crippen molar-refractivity contribution in [2.45, 2.75) is 0 Å². The lowest BCUT2D eigenvalue weighted by Crippen LogP contribution is -1.95. The molecule has 0 amide bonds. The van der Waals surface area contributed by atoms with E-state index >= 15 is 0 Å². The first-order chi connectivity index (χ1) is 6.68. The predicted octanol–water partition coefficient (Wildman–Crippen LogP) is 2.43. The monoisotopic (exact) mass is 251 g/mol. The fraction of sp³-hybridized carbons (Fsp3) is 0.100. The zero-order valence-electron chi connectivity index (χ0n) is 7.74. The Morgan fingerprint density at radius 3 is 2.79 bits per heavy atom. The number of benzene rings is 1. The molecule has 1 aromatic carbocycles. The van der Waals surface area contributed by atoms with E-state index in [9.17, 15) is 0 Å². The molecule has 0 aliphatic carbocycles. The van der Waals surface area contributed by atoms with Crippen LogP contribution in [0.5, 0.6) is 0 Å². The van der Waals surface area contributed by atoms with Crippen molar-refractivity contribution in [1.82, 2.24) is 9.55 Å². The van der Waals surface area contributed by atoms with E-state index in [0.717, 1.165) is 15.7 Å². The minimum atomic E-state index is 0.683. The van der Waals surface area contributed by atoms with E-state index in [1.54, 1.807) is 10.9 Å². The van der Waals surface area contributed by atoms with E-state index in [2.05, 4.69) is 20.9 Å². The fourth-order valence-electron chi connectivity index (χ4n) is 1.30. The van der Waals surface area contributed by atoms with Crippen molar-refractivity contribution in [3.05, 3.63) is 35.1 Å². The van der Waals surface area contributed by atoms with Crippen LogP contribution in [0.3, 0.4) is 0 Å². The molecule has 0 saturated carbocycles. The van der Waals surface area contributed by atoms with Crippen LogP contribution in [0.25, 0.3) is 11.3 Å². The van der Waals surface area contributed by atoms with Gasteiger partial charge in [0.15, 0.2) is 0 Å². The van der Waals surface area contributed by atoms with E-state index in [1.165, 1.54) is 0 Å². The summed E-state index contributed by atoms with van der Waals surface area (Å²) >= 11 is 3.42. The van der Waals surface area contributed by atoms with Crippen molar-refractivity contribution in [2.75, 3.05) is 5.73 Å². The van der Waals surface area contributed by atoms with E-state index in [4.69, 9.17) is 5.73 Å². The number of nitrogens with zero attached hydrogens (tertiary/aromatic N) is 2. The van der Waals surface area contributed by atoms with E-state index in [0.29, 0.717) is 5.82 Å². The van der Waals surface area contributed by atoms with E-state index in [1.807, 2.05) is 31.3 Å². The molecule has 1 heterocycles. The Kier molecular flexibility index (Phi) is 2.29. The number of halogens is 1. The minimum Gasteiger partial charge on any atom is -0.383 e. The average Bonchev–Trinajstić information content (AvgIpc) is 2.48. The number of anilines is 1.